The molecule has 0 saturated carbocycles. The second kappa shape index (κ2) is 10.6. The summed E-state index contributed by atoms with van der Waals surface area (Å²) in [6.07, 6.45) is 1.61. The molecular weight excluding hydrogens is 498 g/mol. The summed E-state index contributed by atoms with van der Waals surface area (Å²) in [5.41, 5.74) is 7.70. The molecule has 1 heterocycles. The van der Waals surface area contributed by atoms with E-state index < -0.39 is 0 Å². The van der Waals surface area contributed by atoms with Gasteiger partial charge >= 0.3 is 0 Å². The lowest BCUT2D eigenvalue weighted by Crippen LogP contribution is -2.20. The van der Waals surface area contributed by atoms with Crippen LogP contribution in [0.4, 0.5) is 0 Å². The first-order valence-electron chi connectivity index (χ1n) is 10.3. The first-order valence-corrected chi connectivity index (χ1v) is 12.1. The van der Waals surface area contributed by atoms with Gasteiger partial charge in [-0.2, -0.15) is 5.10 Å². The Morgan fingerprint density at radius 3 is 2.36 bits per heavy atom. The lowest BCUT2D eigenvalue weighted by molar-refractivity contribution is -0.118. The van der Waals surface area contributed by atoms with Gasteiger partial charge in [-0.3, -0.25) is 9.36 Å². The van der Waals surface area contributed by atoms with Gasteiger partial charge in [0.2, 0.25) is 0 Å². The third-order valence-electron chi connectivity index (χ3n) is 4.87. The maximum absolute atomic E-state index is 12.4. The van der Waals surface area contributed by atoms with Crippen molar-refractivity contribution in [3.05, 3.63) is 94.0 Å². The number of thioether (sulfide) groups is 1. The maximum atomic E-state index is 12.4. The zero-order chi connectivity index (χ0) is 23.2. The highest BCUT2D eigenvalue weighted by Gasteiger charge is 2.17. The van der Waals surface area contributed by atoms with Crippen LogP contribution in [0.1, 0.15) is 16.7 Å². The number of hydrogen-bond donors (Lipinski definition) is 1. The molecule has 33 heavy (non-hydrogen) atoms. The summed E-state index contributed by atoms with van der Waals surface area (Å²) in [6, 6.07) is 24.0. The SMILES string of the molecule is Cc1ccc(-c2nnc(SCC(=O)N/N=C\c3ccccc3Br)n2-c2ccc(C)cc2)cc1. The summed E-state index contributed by atoms with van der Waals surface area (Å²) in [6.45, 7) is 4.10. The number of rotatable bonds is 7. The van der Waals surface area contributed by atoms with Crippen molar-refractivity contribution in [2.75, 3.05) is 5.75 Å². The predicted molar refractivity (Wildman–Crippen MR) is 137 cm³/mol. The van der Waals surface area contributed by atoms with Gasteiger partial charge in [0.15, 0.2) is 11.0 Å². The molecule has 3 aromatic carbocycles. The molecule has 0 radical (unpaired) electrons. The van der Waals surface area contributed by atoms with E-state index in [2.05, 4.69) is 36.7 Å². The van der Waals surface area contributed by atoms with Gasteiger partial charge in [-0.1, -0.05) is 93.4 Å². The molecule has 4 rings (SSSR count). The van der Waals surface area contributed by atoms with Crippen molar-refractivity contribution in [3.63, 3.8) is 0 Å². The van der Waals surface area contributed by atoms with Crippen LogP contribution in [0.25, 0.3) is 17.1 Å². The third kappa shape index (κ3) is 5.77. The summed E-state index contributed by atoms with van der Waals surface area (Å²) in [7, 11) is 0. The van der Waals surface area contributed by atoms with E-state index in [1.54, 1.807) is 6.21 Å². The average Bonchev–Trinajstić information content (AvgIpc) is 3.24. The largest absolute Gasteiger partial charge is 0.272 e. The van der Waals surface area contributed by atoms with E-state index in [9.17, 15) is 4.79 Å². The van der Waals surface area contributed by atoms with E-state index in [0.717, 1.165) is 27.1 Å². The van der Waals surface area contributed by atoms with E-state index in [1.807, 2.05) is 91.2 Å². The maximum Gasteiger partial charge on any atom is 0.250 e. The van der Waals surface area contributed by atoms with E-state index in [1.165, 1.54) is 22.9 Å². The first-order chi connectivity index (χ1) is 16.0. The van der Waals surface area contributed by atoms with Gasteiger partial charge in [-0.25, -0.2) is 5.43 Å². The number of nitrogens with zero attached hydrogens (tertiary/aromatic N) is 4. The number of nitrogens with one attached hydrogen (secondary N) is 1. The molecule has 166 valence electrons. The van der Waals surface area contributed by atoms with Crippen LogP contribution in [0.15, 0.2) is 87.5 Å². The van der Waals surface area contributed by atoms with Crippen LogP contribution in [0.3, 0.4) is 0 Å². The molecular formula is C25H22BrN5OS. The standard InChI is InChI=1S/C25H22BrN5OS/c1-17-7-11-19(12-8-17)24-29-30-25(31(24)21-13-9-18(2)10-14-21)33-16-23(32)28-27-15-20-5-3-4-6-22(20)26/h3-15H,16H2,1-2H3,(H,28,32)/b27-15-. The Morgan fingerprint density at radius 2 is 1.67 bits per heavy atom. The molecule has 6 nitrogen and oxygen atoms in total. The number of benzene rings is 3. The first kappa shape index (κ1) is 22.9. The number of amides is 1. The van der Waals surface area contributed by atoms with Crippen LogP contribution in [0.5, 0.6) is 0 Å². The lowest BCUT2D eigenvalue weighted by Gasteiger charge is -2.11. The van der Waals surface area contributed by atoms with Crippen molar-refractivity contribution in [2.24, 2.45) is 5.10 Å². The fourth-order valence-corrected chi connectivity index (χ4v) is 4.23. The minimum absolute atomic E-state index is 0.158. The molecule has 0 aliphatic rings. The van der Waals surface area contributed by atoms with Gasteiger partial charge in [0.05, 0.1) is 12.0 Å². The van der Waals surface area contributed by atoms with Crippen LogP contribution in [-0.2, 0) is 4.79 Å². The monoisotopic (exact) mass is 519 g/mol. The molecule has 0 bridgehead atoms. The lowest BCUT2D eigenvalue weighted by atomic mass is 10.1. The van der Waals surface area contributed by atoms with Crippen LogP contribution < -0.4 is 5.43 Å². The minimum atomic E-state index is -0.223. The number of hydrogen-bond acceptors (Lipinski definition) is 5. The molecule has 1 amide bonds. The summed E-state index contributed by atoms with van der Waals surface area (Å²) in [4.78, 5) is 12.4. The molecule has 0 fully saturated rings. The van der Waals surface area contributed by atoms with Gasteiger partial charge in [-0.05, 0) is 32.0 Å². The number of hydrazone groups is 1. The van der Waals surface area contributed by atoms with Crippen molar-refractivity contribution in [3.8, 4) is 17.1 Å². The Labute approximate surface area is 205 Å². The van der Waals surface area contributed by atoms with Gasteiger partial charge in [-0.15, -0.1) is 10.2 Å². The number of carbonyl (C=O) groups is 1. The third-order valence-corrected chi connectivity index (χ3v) is 6.52. The highest BCUT2D eigenvalue weighted by Crippen LogP contribution is 2.28. The Morgan fingerprint density at radius 1 is 1.00 bits per heavy atom. The van der Waals surface area contributed by atoms with Crippen LogP contribution in [0, 0.1) is 13.8 Å². The molecule has 0 unspecified atom stereocenters. The Balaban J connectivity index is 1.52. The van der Waals surface area contributed by atoms with Crippen molar-refractivity contribution < 1.29 is 4.79 Å². The molecule has 0 spiro atoms. The molecule has 1 N–H and O–H groups in total. The number of halogens is 1. The second-order valence-electron chi connectivity index (χ2n) is 7.45. The highest BCUT2D eigenvalue weighted by atomic mass is 79.9. The van der Waals surface area contributed by atoms with Crippen molar-refractivity contribution in [1.29, 1.82) is 0 Å². The molecule has 8 heteroatoms. The molecule has 0 atom stereocenters. The van der Waals surface area contributed by atoms with Crippen LogP contribution >= 0.6 is 27.7 Å². The summed E-state index contributed by atoms with van der Waals surface area (Å²) in [5, 5.41) is 13.5. The summed E-state index contributed by atoms with van der Waals surface area (Å²) in [5.74, 6) is 0.665. The highest BCUT2D eigenvalue weighted by molar-refractivity contribution is 9.10. The van der Waals surface area contributed by atoms with E-state index in [4.69, 9.17) is 0 Å². The van der Waals surface area contributed by atoms with Crippen LogP contribution in [-0.4, -0.2) is 32.6 Å². The van der Waals surface area contributed by atoms with Gasteiger partial charge < -0.3 is 0 Å². The number of carbonyl (C=O) groups excluding carboxylic acids is 1. The number of aromatic nitrogens is 3. The summed E-state index contributed by atoms with van der Waals surface area (Å²) < 4.78 is 2.89. The van der Waals surface area contributed by atoms with Gasteiger partial charge in [0.25, 0.3) is 5.91 Å². The number of aryl methyl sites for hydroxylation is 2. The van der Waals surface area contributed by atoms with Crippen molar-refractivity contribution in [2.45, 2.75) is 19.0 Å². The molecule has 0 aliphatic carbocycles. The zero-order valence-corrected chi connectivity index (χ0v) is 20.6. The van der Waals surface area contributed by atoms with Crippen LogP contribution in [0.2, 0.25) is 0 Å². The molecule has 1 aromatic heterocycles. The average molecular weight is 520 g/mol. The summed E-state index contributed by atoms with van der Waals surface area (Å²) >= 11 is 4.78. The van der Waals surface area contributed by atoms with E-state index in [0.29, 0.717) is 5.16 Å². The van der Waals surface area contributed by atoms with Crippen molar-refractivity contribution in [1.82, 2.24) is 20.2 Å². The minimum Gasteiger partial charge on any atom is -0.272 e. The quantitative estimate of drug-likeness (QED) is 0.197. The fraction of sp³-hybridized carbons (Fsp3) is 0.120. The van der Waals surface area contributed by atoms with Gasteiger partial charge in [0, 0.05) is 21.3 Å². The van der Waals surface area contributed by atoms with Gasteiger partial charge in [0.1, 0.15) is 0 Å². The van der Waals surface area contributed by atoms with E-state index >= 15 is 0 Å². The topological polar surface area (TPSA) is 72.2 Å². The molecule has 0 saturated heterocycles. The zero-order valence-electron chi connectivity index (χ0n) is 18.2. The Hall–Kier alpha value is -3.23. The smallest absolute Gasteiger partial charge is 0.250 e. The Kier molecular flexibility index (Phi) is 7.36. The predicted octanol–water partition coefficient (Wildman–Crippen LogP) is 5.56. The Bertz CT molecular complexity index is 1280. The van der Waals surface area contributed by atoms with E-state index in [-0.39, 0.29) is 11.7 Å². The second-order valence-corrected chi connectivity index (χ2v) is 9.24. The molecule has 0 aliphatic heterocycles. The van der Waals surface area contributed by atoms with Crippen molar-refractivity contribution >= 4 is 39.8 Å². The molecule has 4 aromatic rings. The normalized spacial score (nSPS) is 11.1. The fourth-order valence-electron chi connectivity index (χ4n) is 3.10.